The van der Waals surface area contributed by atoms with Gasteiger partial charge in [0.15, 0.2) is 5.69 Å². The van der Waals surface area contributed by atoms with Crippen molar-refractivity contribution in [2.45, 2.75) is 19.8 Å². The summed E-state index contributed by atoms with van der Waals surface area (Å²) in [5.74, 6) is 0.789. The van der Waals surface area contributed by atoms with Gasteiger partial charge >= 0.3 is 0 Å². The average Bonchev–Trinajstić information content (AvgIpc) is 4.01. The number of aromatic nitrogens is 5. The van der Waals surface area contributed by atoms with Crippen LogP contribution in [0.15, 0.2) is 200 Å². The smallest absolute Gasteiger partial charge is 0.236 e. The molecule has 0 radical (unpaired) electrons. The first-order chi connectivity index (χ1) is 32.5. The van der Waals surface area contributed by atoms with Crippen molar-refractivity contribution in [2.24, 2.45) is 0 Å². The van der Waals surface area contributed by atoms with Gasteiger partial charge in [-0.3, -0.25) is 4.57 Å². The first-order valence-corrected chi connectivity index (χ1v) is 22.5. The number of benzene rings is 9. The Hall–Kier alpha value is -8.79. The molecule has 0 aliphatic heterocycles. The highest BCUT2D eigenvalue weighted by Crippen LogP contribution is 2.41. The van der Waals surface area contributed by atoms with Crippen molar-refractivity contribution >= 4 is 76.3 Å². The lowest BCUT2D eigenvalue weighted by atomic mass is 9.98. The predicted molar refractivity (Wildman–Crippen MR) is 272 cm³/mol. The van der Waals surface area contributed by atoms with Crippen molar-refractivity contribution in [3.63, 3.8) is 0 Å². The molecule has 0 aliphatic carbocycles. The lowest BCUT2D eigenvalue weighted by molar-refractivity contribution is 0.867. The number of hydrogen-bond acceptors (Lipinski definition) is 3. The summed E-state index contributed by atoms with van der Waals surface area (Å²) in [6.07, 6.45) is 0. The van der Waals surface area contributed by atoms with Crippen LogP contribution in [0.5, 0.6) is 0 Å². The van der Waals surface area contributed by atoms with E-state index in [1.807, 2.05) is 6.07 Å². The molecule has 310 valence electrons. The second-order valence-corrected chi connectivity index (χ2v) is 17.6. The van der Waals surface area contributed by atoms with Gasteiger partial charge in [0.05, 0.1) is 38.6 Å². The van der Waals surface area contributed by atoms with Crippen molar-refractivity contribution in [2.75, 3.05) is 0 Å². The van der Waals surface area contributed by atoms with E-state index in [2.05, 4.69) is 228 Å². The van der Waals surface area contributed by atoms with Gasteiger partial charge in [-0.05, 0) is 131 Å². The lowest BCUT2D eigenvalue weighted by Gasteiger charge is -2.11. The zero-order chi connectivity index (χ0) is 44.0. The molecule has 0 unspecified atom stereocenters. The molecule has 0 aliphatic rings. The highest BCUT2D eigenvalue weighted by molar-refractivity contribution is 6.14. The molecule has 0 atom stereocenters. The molecule has 0 bridgehead atoms. The van der Waals surface area contributed by atoms with E-state index in [1.54, 1.807) is 0 Å². The quantitative estimate of drug-likeness (QED) is 0.167. The van der Waals surface area contributed by atoms with Gasteiger partial charge in [0.1, 0.15) is 6.07 Å². The zero-order valence-corrected chi connectivity index (χ0v) is 36.3. The SMILES string of the molecule is CC(C)c1ccc2c(C#N)nc(-n3c4ccc(-c5ccc6c(c5)c5ccccc5n6-c5ccccc5)cc4c4cc(-c5ccc6c(c5)c5ccccc5n6-c5ccccc5)ccc43)nc2c1. The van der Waals surface area contributed by atoms with Crippen molar-refractivity contribution in [3.05, 3.63) is 211 Å². The third kappa shape index (κ3) is 5.73. The number of para-hydroxylation sites is 4. The van der Waals surface area contributed by atoms with Crippen LogP contribution in [0, 0.1) is 11.3 Å². The number of nitrogens with zero attached hydrogens (tertiary/aromatic N) is 6. The van der Waals surface area contributed by atoms with Crippen LogP contribution in [0.2, 0.25) is 0 Å². The summed E-state index contributed by atoms with van der Waals surface area (Å²) < 4.78 is 6.84. The molecular formula is C60H40N6. The number of hydrogen-bond donors (Lipinski definition) is 0. The maximum Gasteiger partial charge on any atom is 0.236 e. The summed E-state index contributed by atoms with van der Waals surface area (Å²) in [5.41, 5.74) is 15.7. The molecule has 0 saturated heterocycles. The van der Waals surface area contributed by atoms with E-state index in [1.165, 1.54) is 49.2 Å². The summed E-state index contributed by atoms with van der Waals surface area (Å²) in [4.78, 5) is 10.2. The molecular weight excluding hydrogens is 805 g/mol. The molecule has 4 heterocycles. The van der Waals surface area contributed by atoms with Gasteiger partial charge in [0, 0.05) is 49.1 Å². The second kappa shape index (κ2) is 14.6. The van der Waals surface area contributed by atoms with Crippen LogP contribution in [-0.2, 0) is 0 Å². The monoisotopic (exact) mass is 844 g/mol. The maximum atomic E-state index is 10.5. The van der Waals surface area contributed by atoms with Gasteiger partial charge in [0.2, 0.25) is 5.95 Å². The van der Waals surface area contributed by atoms with Crippen molar-refractivity contribution in [3.8, 4) is 45.6 Å². The van der Waals surface area contributed by atoms with Crippen LogP contribution in [-0.4, -0.2) is 23.7 Å². The lowest BCUT2D eigenvalue weighted by Crippen LogP contribution is -2.04. The summed E-state index contributed by atoms with van der Waals surface area (Å²) in [6, 6.07) is 74.1. The van der Waals surface area contributed by atoms with E-state index in [-0.39, 0.29) is 0 Å². The van der Waals surface area contributed by atoms with Gasteiger partial charge in [-0.2, -0.15) is 5.26 Å². The molecule has 0 spiro atoms. The van der Waals surface area contributed by atoms with Crippen LogP contribution >= 0.6 is 0 Å². The fourth-order valence-electron chi connectivity index (χ4n) is 10.3. The topological polar surface area (TPSA) is 64.4 Å². The van der Waals surface area contributed by atoms with Crippen LogP contribution in [0.4, 0.5) is 0 Å². The standard InChI is InChI=1S/C60H40N6/c1-37(2)38-21-26-47-52(35-38)62-60(63-53(47)36-61)66-58-29-24-41(39-22-27-56-48(31-39)45-17-9-11-19-54(45)64(56)43-13-5-3-6-14-43)33-50(58)51-34-42(25-30-59(51)66)40-23-28-57-49(32-40)46-18-10-12-20-55(46)65(57)44-15-7-4-8-16-44/h3-35,37H,1-2H3. The Labute approximate surface area is 380 Å². The van der Waals surface area contributed by atoms with Crippen molar-refractivity contribution in [1.29, 1.82) is 5.26 Å². The van der Waals surface area contributed by atoms with Gasteiger partial charge in [-0.25, -0.2) is 9.97 Å². The molecule has 4 aromatic heterocycles. The van der Waals surface area contributed by atoms with Gasteiger partial charge in [-0.1, -0.05) is 117 Å². The predicted octanol–water partition coefficient (Wildman–Crippen LogP) is 15.3. The molecule has 13 rings (SSSR count). The number of fused-ring (bicyclic) bond motifs is 10. The molecule has 0 N–H and O–H groups in total. The first kappa shape index (κ1) is 37.7. The normalized spacial score (nSPS) is 11.9. The molecule has 9 aromatic carbocycles. The Bertz CT molecular complexity index is 3930. The number of nitriles is 1. The second-order valence-electron chi connectivity index (χ2n) is 17.6. The van der Waals surface area contributed by atoms with E-state index in [0.29, 0.717) is 17.6 Å². The fraction of sp³-hybridized carbons (Fsp3) is 0.0500. The Balaban J connectivity index is 1.03. The largest absolute Gasteiger partial charge is 0.309 e. The van der Waals surface area contributed by atoms with E-state index < -0.39 is 0 Å². The minimum absolute atomic E-state index is 0.312. The Morgan fingerprint density at radius 3 is 1.24 bits per heavy atom. The van der Waals surface area contributed by atoms with Crippen LogP contribution in [0.25, 0.3) is 116 Å². The highest BCUT2D eigenvalue weighted by Gasteiger charge is 2.21. The maximum absolute atomic E-state index is 10.5. The molecule has 0 amide bonds. The van der Waals surface area contributed by atoms with Gasteiger partial charge in [-0.15, -0.1) is 0 Å². The third-order valence-corrected chi connectivity index (χ3v) is 13.5. The molecule has 6 nitrogen and oxygen atoms in total. The van der Waals surface area contributed by atoms with Gasteiger partial charge < -0.3 is 9.13 Å². The highest BCUT2D eigenvalue weighted by atomic mass is 15.2. The summed E-state index contributed by atoms with van der Waals surface area (Å²) in [6.45, 7) is 4.35. The zero-order valence-electron chi connectivity index (χ0n) is 36.3. The van der Waals surface area contributed by atoms with Crippen LogP contribution < -0.4 is 0 Å². The minimum Gasteiger partial charge on any atom is -0.309 e. The third-order valence-electron chi connectivity index (χ3n) is 13.5. The van der Waals surface area contributed by atoms with Crippen LogP contribution in [0.1, 0.15) is 31.0 Å². The Kier molecular flexibility index (Phi) is 8.37. The Morgan fingerprint density at radius 2 is 0.788 bits per heavy atom. The molecule has 6 heteroatoms. The molecule has 13 aromatic rings. The van der Waals surface area contributed by atoms with E-state index in [0.717, 1.165) is 66.3 Å². The Morgan fingerprint density at radius 1 is 0.379 bits per heavy atom. The number of rotatable bonds is 6. The van der Waals surface area contributed by atoms with E-state index in [4.69, 9.17) is 9.97 Å². The minimum atomic E-state index is 0.312. The van der Waals surface area contributed by atoms with Crippen molar-refractivity contribution < 1.29 is 0 Å². The molecule has 66 heavy (non-hydrogen) atoms. The summed E-state index contributed by atoms with van der Waals surface area (Å²) >= 11 is 0. The van der Waals surface area contributed by atoms with Gasteiger partial charge in [0.25, 0.3) is 0 Å². The molecule has 0 fully saturated rings. The first-order valence-electron chi connectivity index (χ1n) is 22.5. The molecule has 0 saturated carbocycles. The van der Waals surface area contributed by atoms with Crippen molar-refractivity contribution in [1.82, 2.24) is 23.7 Å². The van der Waals surface area contributed by atoms with E-state index in [9.17, 15) is 5.26 Å². The average molecular weight is 845 g/mol. The summed E-state index contributed by atoms with van der Waals surface area (Å²) in [5, 5.41) is 18.2. The fourth-order valence-corrected chi connectivity index (χ4v) is 10.3. The summed E-state index contributed by atoms with van der Waals surface area (Å²) in [7, 11) is 0. The van der Waals surface area contributed by atoms with Crippen LogP contribution in [0.3, 0.4) is 0 Å². The van der Waals surface area contributed by atoms with E-state index >= 15 is 0 Å².